The number of aromatic nitrogens is 1. The van der Waals surface area contributed by atoms with E-state index in [2.05, 4.69) is 9.72 Å². The highest BCUT2D eigenvalue weighted by atomic mass is 35.5. The number of carbonyl (C=O) groups is 1. The Labute approximate surface area is 104 Å². The number of benzene rings is 1. The van der Waals surface area contributed by atoms with Gasteiger partial charge in [0.15, 0.2) is 0 Å². The van der Waals surface area contributed by atoms with Crippen LogP contribution in [0.1, 0.15) is 5.56 Å². The lowest BCUT2D eigenvalue weighted by atomic mass is 10.1. The second-order valence-corrected chi connectivity index (χ2v) is 4.22. The Hall–Kier alpha value is -1.52. The molecule has 0 spiro atoms. The molecule has 90 valence electrons. The average Bonchev–Trinajstić information content (AvgIpc) is 2.73. The monoisotopic (exact) mass is 252 g/mol. The largest absolute Gasteiger partial charge is 0.468 e. The number of carbonyl (C=O) groups excluding carboxylic acids is 1. The van der Waals surface area contributed by atoms with Crippen LogP contribution in [0.5, 0.6) is 0 Å². The Bertz CT molecular complexity index is 550. The number of esters is 1. The molecule has 17 heavy (non-hydrogen) atoms. The standard InChI is InChI=1S/C12H13ClN2O2/c1-17-12(16)10(14)5-7-6-15-11-8(7)3-2-4-9(11)13/h2-4,6,10,15H,5,14H2,1H3. The van der Waals surface area contributed by atoms with Crippen molar-refractivity contribution in [1.29, 1.82) is 0 Å². The summed E-state index contributed by atoms with van der Waals surface area (Å²) in [5.74, 6) is -0.415. The van der Waals surface area contributed by atoms with Gasteiger partial charge in [-0.2, -0.15) is 0 Å². The highest BCUT2D eigenvalue weighted by Gasteiger charge is 2.16. The molecule has 1 heterocycles. The second-order valence-electron chi connectivity index (χ2n) is 3.81. The van der Waals surface area contributed by atoms with E-state index in [1.807, 2.05) is 24.4 Å². The van der Waals surface area contributed by atoms with Crippen molar-refractivity contribution in [3.63, 3.8) is 0 Å². The van der Waals surface area contributed by atoms with Gasteiger partial charge in [-0.3, -0.25) is 4.79 Å². The quantitative estimate of drug-likeness (QED) is 0.820. The Kier molecular flexibility index (Phi) is 3.36. The molecule has 2 aromatic rings. The van der Waals surface area contributed by atoms with Crippen molar-refractivity contribution >= 4 is 28.5 Å². The van der Waals surface area contributed by atoms with Gasteiger partial charge in [0.05, 0.1) is 17.6 Å². The third-order valence-electron chi connectivity index (χ3n) is 2.69. The predicted molar refractivity (Wildman–Crippen MR) is 67.0 cm³/mol. The Morgan fingerprint density at radius 1 is 1.59 bits per heavy atom. The predicted octanol–water partition coefficient (Wildman–Crippen LogP) is 1.86. The van der Waals surface area contributed by atoms with Gasteiger partial charge in [-0.25, -0.2) is 0 Å². The minimum absolute atomic E-state index is 0.415. The molecule has 0 radical (unpaired) electrons. The first kappa shape index (κ1) is 12.0. The molecule has 1 atom stereocenters. The van der Waals surface area contributed by atoms with Gasteiger partial charge < -0.3 is 15.5 Å². The highest BCUT2D eigenvalue weighted by molar-refractivity contribution is 6.35. The summed E-state index contributed by atoms with van der Waals surface area (Å²) < 4.78 is 4.60. The maximum absolute atomic E-state index is 11.3. The van der Waals surface area contributed by atoms with E-state index in [-0.39, 0.29) is 0 Å². The molecule has 0 aliphatic heterocycles. The zero-order chi connectivity index (χ0) is 12.4. The normalized spacial score (nSPS) is 12.6. The number of halogens is 1. The van der Waals surface area contributed by atoms with Crippen molar-refractivity contribution in [2.75, 3.05) is 7.11 Å². The third-order valence-corrected chi connectivity index (χ3v) is 3.01. The number of methoxy groups -OCH3 is 1. The fraction of sp³-hybridized carbons (Fsp3) is 0.250. The summed E-state index contributed by atoms with van der Waals surface area (Å²) in [6.45, 7) is 0. The summed E-state index contributed by atoms with van der Waals surface area (Å²) >= 11 is 6.04. The molecular formula is C12H13ClN2O2. The van der Waals surface area contributed by atoms with Gasteiger partial charge >= 0.3 is 5.97 Å². The number of fused-ring (bicyclic) bond motifs is 1. The number of para-hydroxylation sites is 1. The summed E-state index contributed by atoms with van der Waals surface area (Å²) in [5, 5.41) is 1.64. The van der Waals surface area contributed by atoms with Crippen LogP contribution in [-0.4, -0.2) is 24.1 Å². The van der Waals surface area contributed by atoms with E-state index in [4.69, 9.17) is 17.3 Å². The zero-order valence-corrected chi connectivity index (χ0v) is 10.1. The lowest BCUT2D eigenvalue weighted by Crippen LogP contribution is -2.33. The average molecular weight is 253 g/mol. The molecule has 5 heteroatoms. The number of aromatic amines is 1. The van der Waals surface area contributed by atoms with Gasteiger partial charge in [-0.1, -0.05) is 23.7 Å². The van der Waals surface area contributed by atoms with E-state index in [0.717, 1.165) is 16.5 Å². The topological polar surface area (TPSA) is 68.1 Å². The van der Waals surface area contributed by atoms with Crippen LogP contribution < -0.4 is 5.73 Å². The fourth-order valence-electron chi connectivity index (χ4n) is 1.82. The van der Waals surface area contributed by atoms with Gasteiger partial charge in [0, 0.05) is 18.0 Å². The van der Waals surface area contributed by atoms with E-state index in [1.54, 1.807) is 0 Å². The molecule has 1 aromatic heterocycles. The maximum Gasteiger partial charge on any atom is 0.322 e. The van der Waals surface area contributed by atoms with Crippen LogP contribution >= 0.6 is 11.6 Å². The van der Waals surface area contributed by atoms with Crippen LogP contribution in [0, 0.1) is 0 Å². The van der Waals surface area contributed by atoms with Crippen molar-refractivity contribution in [2.24, 2.45) is 5.73 Å². The van der Waals surface area contributed by atoms with Gasteiger partial charge in [0.2, 0.25) is 0 Å². The van der Waals surface area contributed by atoms with E-state index in [1.165, 1.54) is 7.11 Å². The lowest BCUT2D eigenvalue weighted by Gasteiger charge is -2.07. The summed E-state index contributed by atoms with van der Waals surface area (Å²) in [5.41, 5.74) is 7.55. The lowest BCUT2D eigenvalue weighted by molar-refractivity contribution is -0.142. The number of hydrogen-bond donors (Lipinski definition) is 2. The third kappa shape index (κ3) is 2.28. The summed E-state index contributed by atoms with van der Waals surface area (Å²) in [6, 6.07) is 4.96. The molecule has 0 saturated carbocycles. The van der Waals surface area contributed by atoms with Crippen LogP contribution in [0.15, 0.2) is 24.4 Å². The van der Waals surface area contributed by atoms with Crippen LogP contribution in [0.25, 0.3) is 10.9 Å². The van der Waals surface area contributed by atoms with Crippen LogP contribution in [-0.2, 0) is 16.0 Å². The Morgan fingerprint density at radius 3 is 3.06 bits per heavy atom. The fourth-order valence-corrected chi connectivity index (χ4v) is 2.05. The number of H-pyrrole nitrogens is 1. The van der Waals surface area contributed by atoms with Crippen molar-refractivity contribution in [3.8, 4) is 0 Å². The van der Waals surface area contributed by atoms with Gasteiger partial charge in [0.1, 0.15) is 6.04 Å². The number of nitrogens with two attached hydrogens (primary N) is 1. The zero-order valence-electron chi connectivity index (χ0n) is 9.37. The second kappa shape index (κ2) is 4.77. The minimum atomic E-state index is -0.655. The molecule has 4 nitrogen and oxygen atoms in total. The Morgan fingerprint density at radius 2 is 2.35 bits per heavy atom. The van der Waals surface area contributed by atoms with E-state index in [0.29, 0.717) is 11.4 Å². The van der Waals surface area contributed by atoms with Gasteiger partial charge in [-0.15, -0.1) is 0 Å². The van der Waals surface area contributed by atoms with Crippen molar-refractivity contribution in [3.05, 3.63) is 35.0 Å². The van der Waals surface area contributed by atoms with Crippen molar-refractivity contribution in [2.45, 2.75) is 12.5 Å². The molecule has 2 rings (SSSR count). The number of ether oxygens (including phenoxy) is 1. The van der Waals surface area contributed by atoms with E-state index < -0.39 is 12.0 Å². The SMILES string of the molecule is COC(=O)C(N)Cc1c[nH]c2c(Cl)cccc12. The molecule has 0 saturated heterocycles. The molecule has 0 amide bonds. The number of nitrogens with one attached hydrogen (secondary N) is 1. The molecule has 0 aliphatic carbocycles. The molecule has 0 fully saturated rings. The van der Waals surface area contributed by atoms with Crippen LogP contribution in [0.2, 0.25) is 5.02 Å². The van der Waals surface area contributed by atoms with Gasteiger partial charge in [0.25, 0.3) is 0 Å². The molecule has 1 unspecified atom stereocenters. The smallest absolute Gasteiger partial charge is 0.322 e. The molecule has 1 aromatic carbocycles. The first-order chi connectivity index (χ1) is 8.13. The Balaban J connectivity index is 2.31. The minimum Gasteiger partial charge on any atom is -0.468 e. The maximum atomic E-state index is 11.3. The van der Waals surface area contributed by atoms with Gasteiger partial charge in [-0.05, 0) is 11.6 Å². The molecule has 0 aliphatic rings. The molecule has 0 bridgehead atoms. The van der Waals surface area contributed by atoms with Crippen LogP contribution in [0.3, 0.4) is 0 Å². The number of hydrogen-bond acceptors (Lipinski definition) is 3. The van der Waals surface area contributed by atoms with Crippen molar-refractivity contribution in [1.82, 2.24) is 4.98 Å². The number of rotatable bonds is 3. The van der Waals surface area contributed by atoms with Crippen molar-refractivity contribution < 1.29 is 9.53 Å². The summed E-state index contributed by atoms with van der Waals surface area (Å²) in [4.78, 5) is 14.3. The molecular weight excluding hydrogens is 240 g/mol. The van der Waals surface area contributed by atoms with Crippen LogP contribution in [0.4, 0.5) is 0 Å². The first-order valence-corrected chi connectivity index (χ1v) is 5.59. The first-order valence-electron chi connectivity index (χ1n) is 5.21. The summed E-state index contributed by atoms with van der Waals surface area (Å²) in [7, 11) is 1.33. The van der Waals surface area contributed by atoms with E-state index >= 15 is 0 Å². The van der Waals surface area contributed by atoms with E-state index in [9.17, 15) is 4.79 Å². The summed E-state index contributed by atoms with van der Waals surface area (Å²) in [6.07, 6.45) is 2.24. The highest BCUT2D eigenvalue weighted by Crippen LogP contribution is 2.25. The molecule has 3 N–H and O–H groups in total.